The highest BCUT2D eigenvalue weighted by atomic mass is 32.2. The van der Waals surface area contributed by atoms with Crippen LogP contribution in [0.1, 0.15) is 15.9 Å². The first-order valence-electron chi connectivity index (χ1n) is 6.32. The van der Waals surface area contributed by atoms with Crippen LogP contribution in [0, 0.1) is 0 Å². The molecule has 0 bridgehead atoms. The van der Waals surface area contributed by atoms with E-state index >= 15 is 0 Å². The van der Waals surface area contributed by atoms with Gasteiger partial charge >= 0.3 is 21.3 Å². The van der Waals surface area contributed by atoms with Crippen molar-refractivity contribution in [2.45, 2.75) is 5.25 Å². The van der Waals surface area contributed by atoms with Crippen molar-refractivity contribution in [1.82, 2.24) is 0 Å². The molecule has 2 aromatic carbocycles. The van der Waals surface area contributed by atoms with Gasteiger partial charge in [0.05, 0.1) is 5.56 Å². The van der Waals surface area contributed by atoms with Crippen LogP contribution in [0.25, 0.3) is 16.8 Å². The van der Waals surface area contributed by atoms with Crippen LogP contribution in [0.5, 0.6) is 0 Å². The molecule has 1 N–H and O–H groups in total. The van der Waals surface area contributed by atoms with E-state index in [9.17, 15) is 22.0 Å². The summed E-state index contributed by atoms with van der Waals surface area (Å²) >= 11 is 0. The Morgan fingerprint density at radius 1 is 1.22 bits per heavy atom. The second-order valence-corrected chi connectivity index (χ2v) is 6.26. The highest BCUT2D eigenvalue weighted by molar-refractivity contribution is 7.86. The van der Waals surface area contributed by atoms with Crippen molar-refractivity contribution in [2.75, 3.05) is 6.61 Å². The lowest BCUT2D eigenvalue weighted by Crippen LogP contribution is -2.34. The molecule has 0 saturated heterocycles. The minimum Gasteiger partial charge on any atom is -0.454 e. The van der Waals surface area contributed by atoms with Gasteiger partial charge in [-0.3, -0.25) is 4.55 Å². The molecule has 2 aromatic rings. The summed E-state index contributed by atoms with van der Waals surface area (Å²) in [5.41, 5.74) is 0.857. The summed E-state index contributed by atoms with van der Waals surface area (Å²) < 4.78 is 59.5. The van der Waals surface area contributed by atoms with Gasteiger partial charge in [-0.2, -0.15) is 17.2 Å². The maximum absolute atomic E-state index is 13.0. The fourth-order valence-corrected chi connectivity index (χ4v) is 2.03. The van der Waals surface area contributed by atoms with E-state index in [0.29, 0.717) is 5.39 Å². The minimum absolute atomic E-state index is 0.0185. The van der Waals surface area contributed by atoms with Crippen LogP contribution in [-0.2, 0) is 14.9 Å². The maximum Gasteiger partial charge on any atom is 0.402 e. The third-order valence-electron chi connectivity index (χ3n) is 3.08. The molecule has 0 radical (unpaired) electrons. The Kier molecular flexibility index (Phi) is 4.49. The molecule has 122 valence electrons. The fourth-order valence-electron chi connectivity index (χ4n) is 1.83. The number of fused-ring (bicyclic) bond motifs is 1. The minimum atomic E-state index is -5.64. The highest BCUT2D eigenvalue weighted by Gasteiger charge is 2.45. The summed E-state index contributed by atoms with van der Waals surface area (Å²) in [7, 11) is -5.64. The van der Waals surface area contributed by atoms with Gasteiger partial charge in [-0.25, -0.2) is 4.79 Å². The van der Waals surface area contributed by atoms with Crippen molar-refractivity contribution in [2.24, 2.45) is 0 Å². The average molecular weight is 342 g/mol. The molecule has 0 atom stereocenters. The van der Waals surface area contributed by atoms with Gasteiger partial charge in [0.1, 0.15) is 0 Å². The first-order chi connectivity index (χ1) is 10.6. The number of halogens is 2. The molecule has 0 aliphatic rings. The number of hydrogen-bond donors (Lipinski definition) is 1. The van der Waals surface area contributed by atoms with E-state index in [2.05, 4.69) is 11.3 Å². The van der Waals surface area contributed by atoms with Crippen LogP contribution in [0.4, 0.5) is 8.78 Å². The van der Waals surface area contributed by atoms with E-state index in [1.807, 2.05) is 6.07 Å². The zero-order valence-corrected chi connectivity index (χ0v) is 12.5. The normalized spacial score (nSPS) is 12.1. The summed E-state index contributed by atoms with van der Waals surface area (Å²) in [5, 5.41) is -3.08. The Balaban J connectivity index is 2.20. The van der Waals surface area contributed by atoms with Crippen LogP contribution in [0.2, 0.25) is 0 Å². The summed E-state index contributed by atoms with van der Waals surface area (Å²) in [6.07, 6.45) is 1.65. The van der Waals surface area contributed by atoms with Gasteiger partial charge in [-0.1, -0.05) is 30.9 Å². The zero-order chi connectivity index (χ0) is 17.3. The molecule has 2 rings (SSSR count). The van der Waals surface area contributed by atoms with Crippen LogP contribution in [0.15, 0.2) is 43.0 Å². The number of rotatable bonds is 5. The molecule has 0 aliphatic heterocycles. The monoisotopic (exact) mass is 342 g/mol. The number of ether oxygens (including phenoxy) is 1. The molecule has 5 nitrogen and oxygen atoms in total. The molecule has 0 saturated carbocycles. The van der Waals surface area contributed by atoms with Crippen LogP contribution in [-0.4, -0.2) is 30.8 Å². The summed E-state index contributed by atoms with van der Waals surface area (Å²) in [5.74, 6) is -1.12. The van der Waals surface area contributed by atoms with Crippen LogP contribution >= 0.6 is 0 Å². The van der Waals surface area contributed by atoms with Crippen LogP contribution in [0.3, 0.4) is 0 Å². The fraction of sp³-hybridized carbons (Fsp3) is 0.133. The molecule has 0 fully saturated rings. The summed E-state index contributed by atoms with van der Waals surface area (Å²) in [6, 6.07) is 9.69. The zero-order valence-electron chi connectivity index (χ0n) is 11.7. The largest absolute Gasteiger partial charge is 0.454 e. The van der Waals surface area contributed by atoms with Gasteiger partial charge in [0, 0.05) is 0 Å². The Hall–Kier alpha value is -2.32. The number of benzene rings is 2. The Bertz CT molecular complexity index is 875. The number of carbonyl (C=O) groups is 1. The van der Waals surface area contributed by atoms with Gasteiger partial charge in [0.2, 0.25) is 0 Å². The summed E-state index contributed by atoms with van der Waals surface area (Å²) in [6.45, 7) is 1.87. The predicted molar refractivity (Wildman–Crippen MR) is 80.8 cm³/mol. The van der Waals surface area contributed by atoms with E-state index in [1.54, 1.807) is 24.3 Å². The number of carbonyl (C=O) groups excluding carboxylic acids is 1. The van der Waals surface area contributed by atoms with Gasteiger partial charge in [-0.05, 0) is 34.5 Å². The van der Waals surface area contributed by atoms with Crippen molar-refractivity contribution in [1.29, 1.82) is 0 Å². The van der Waals surface area contributed by atoms with Crippen molar-refractivity contribution in [3.63, 3.8) is 0 Å². The Labute approximate surface area is 130 Å². The lowest BCUT2D eigenvalue weighted by Gasteiger charge is -2.13. The number of alkyl halides is 2. The Morgan fingerprint density at radius 3 is 2.43 bits per heavy atom. The molecular weight excluding hydrogens is 330 g/mol. The molecule has 0 amide bonds. The molecule has 0 aliphatic carbocycles. The number of hydrogen-bond acceptors (Lipinski definition) is 4. The SMILES string of the molecule is C=Cc1ccc2cc(C(=O)OCC(F)(F)S(=O)(=O)O)ccc2c1. The molecular formula is C15H12F2O5S. The second-order valence-electron chi connectivity index (χ2n) is 4.71. The second kappa shape index (κ2) is 6.05. The standard InChI is InChI=1S/C15H12F2O5S/c1-2-10-3-4-12-8-13(6-5-11(12)7-10)14(18)22-9-15(16,17)23(19,20)21/h2-8H,1,9H2,(H,19,20,21). The van der Waals surface area contributed by atoms with Crippen molar-refractivity contribution in [3.8, 4) is 0 Å². The van der Waals surface area contributed by atoms with E-state index < -0.39 is 27.9 Å². The van der Waals surface area contributed by atoms with Crippen molar-refractivity contribution in [3.05, 3.63) is 54.1 Å². The first-order valence-corrected chi connectivity index (χ1v) is 7.76. The highest BCUT2D eigenvalue weighted by Crippen LogP contribution is 2.22. The van der Waals surface area contributed by atoms with Gasteiger partial charge < -0.3 is 4.74 Å². The average Bonchev–Trinajstić information content (AvgIpc) is 2.50. The van der Waals surface area contributed by atoms with Crippen molar-refractivity contribution >= 4 is 32.9 Å². The quantitative estimate of drug-likeness (QED) is 0.667. The third kappa shape index (κ3) is 3.72. The molecule has 0 aromatic heterocycles. The summed E-state index contributed by atoms with van der Waals surface area (Å²) in [4.78, 5) is 11.7. The number of esters is 1. The lowest BCUT2D eigenvalue weighted by molar-refractivity contribution is -0.00949. The molecule has 23 heavy (non-hydrogen) atoms. The van der Waals surface area contributed by atoms with E-state index in [0.717, 1.165) is 10.9 Å². The van der Waals surface area contributed by atoms with Gasteiger partial charge in [0.15, 0.2) is 6.61 Å². The lowest BCUT2D eigenvalue weighted by atomic mass is 10.0. The van der Waals surface area contributed by atoms with E-state index in [-0.39, 0.29) is 5.56 Å². The topological polar surface area (TPSA) is 80.7 Å². The smallest absolute Gasteiger partial charge is 0.402 e. The van der Waals surface area contributed by atoms with E-state index in [4.69, 9.17) is 4.55 Å². The van der Waals surface area contributed by atoms with Gasteiger partial charge in [-0.15, -0.1) is 0 Å². The molecule has 0 heterocycles. The van der Waals surface area contributed by atoms with Gasteiger partial charge in [0.25, 0.3) is 0 Å². The Morgan fingerprint density at radius 2 is 1.83 bits per heavy atom. The predicted octanol–water partition coefficient (Wildman–Crippen LogP) is 3.12. The maximum atomic E-state index is 13.0. The third-order valence-corrected chi connectivity index (χ3v) is 3.96. The molecule has 0 spiro atoms. The van der Waals surface area contributed by atoms with Crippen molar-refractivity contribution < 1.29 is 31.3 Å². The molecule has 8 heteroatoms. The van der Waals surface area contributed by atoms with Crippen LogP contribution < -0.4 is 0 Å². The van der Waals surface area contributed by atoms with E-state index in [1.165, 1.54) is 12.1 Å². The molecule has 0 unspecified atom stereocenters. The first kappa shape index (κ1) is 17.0.